The molecule has 0 spiro atoms. The number of carbonyl (C=O) groups is 2. The van der Waals surface area contributed by atoms with Gasteiger partial charge in [0.25, 0.3) is 5.91 Å². The van der Waals surface area contributed by atoms with Gasteiger partial charge in [-0.2, -0.15) is 0 Å². The van der Waals surface area contributed by atoms with Crippen molar-refractivity contribution in [3.05, 3.63) is 34.9 Å². The predicted octanol–water partition coefficient (Wildman–Crippen LogP) is 2.13. The van der Waals surface area contributed by atoms with Crippen molar-refractivity contribution < 1.29 is 14.7 Å². The summed E-state index contributed by atoms with van der Waals surface area (Å²) in [7, 11) is 0. The molecule has 5 nitrogen and oxygen atoms in total. The second-order valence-electron chi connectivity index (χ2n) is 6.47. The zero-order valence-corrected chi connectivity index (χ0v) is 14.2. The first-order chi connectivity index (χ1) is 10.8. The van der Waals surface area contributed by atoms with E-state index in [0.29, 0.717) is 23.4 Å². The average Bonchev–Trinajstić information content (AvgIpc) is 2.48. The topological polar surface area (TPSA) is 78.4 Å². The van der Waals surface area contributed by atoms with Crippen LogP contribution >= 0.6 is 11.6 Å². The summed E-state index contributed by atoms with van der Waals surface area (Å²) in [6, 6.07) is 6.03. The Bertz CT molecular complexity index is 585. The Morgan fingerprint density at radius 3 is 2.48 bits per heavy atom. The van der Waals surface area contributed by atoms with Crippen molar-refractivity contribution in [2.75, 3.05) is 6.54 Å². The molecule has 0 bridgehead atoms. The fourth-order valence-electron chi connectivity index (χ4n) is 2.52. The molecule has 3 N–H and O–H groups in total. The second kappa shape index (κ2) is 7.32. The van der Waals surface area contributed by atoms with Gasteiger partial charge in [-0.15, -0.1) is 0 Å². The molecular formula is C17H23ClN2O3. The number of benzene rings is 1. The van der Waals surface area contributed by atoms with E-state index in [9.17, 15) is 14.7 Å². The summed E-state index contributed by atoms with van der Waals surface area (Å²) in [6.45, 7) is 3.93. The molecule has 1 fully saturated rings. The third-order valence-electron chi connectivity index (χ3n) is 4.23. The molecule has 0 radical (unpaired) electrons. The first-order valence-corrected chi connectivity index (χ1v) is 8.26. The monoisotopic (exact) mass is 338 g/mol. The van der Waals surface area contributed by atoms with E-state index in [1.807, 2.05) is 13.8 Å². The van der Waals surface area contributed by atoms with Gasteiger partial charge in [0.1, 0.15) is 6.04 Å². The summed E-state index contributed by atoms with van der Waals surface area (Å²) in [4.78, 5) is 24.7. The van der Waals surface area contributed by atoms with Gasteiger partial charge >= 0.3 is 0 Å². The fourth-order valence-corrected chi connectivity index (χ4v) is 2.74. The van der Waals surface area contributed by atoms with Crippen molar-refractivity contribution in [1.82, 2.24) is 10.6 Å². The number of rotatable bonds is 6. The van der Waals surface area contributed by atoms with Crippen LogP contribution < -0.4 is 10.6 Å². The number of halogens is 1. The Balaban J connectivity index is 1.99. The van der Waals surface area contributed by atoms with Crippen molar-refractivity contribution in [2.45, 2.75) is 44.8 Å². The molecule has 1 aromatic rings. The maximum absolute atomic E-state index is 12.4. The van der Waals surface area contributed by atoms with Crippen LogP contribution in [0, 0.1) is 5.92 Å². The van der Waals surface area contributed by atoms with Gasteiger partial charge in [0.05, 0.1) is 16.2 Å². The van der Waals surface area contributed by atoms with E-state index in [1.165, 1.54) is 0 Å². The van der Waals surface area contributed by atoms with Gasteiger partial charge in [0, 0.05) is 6.54 Å². The highest BCUT2D eigenvalue weighted by Crippen LogP contribution is 2.30. The molecule has 2 amide bonds. The molecule has 1 aliphatic rings. The van der Waals surface area contributed by atoms with Crippen LogP contribution in [-0.2, 0) is 4.79 Å². The van der Waals surface area contributed by atoms with E-state index in [0.717, 1.165) is 6.42 Å². The Labute approximate surface area is 141 Å². The smallest absolute Gasteiger partial charge is 0.253 e. The Morgan fingerprint density at radius 2 is 1.96 bits per heavy atom. The lowest BCUT2D eigenvalue weighted by Crippen LogP contribution is -2.54. The third-order valence-corrected chi connectivity index (χ3v) is 4.56. The first-order valence-electron chi connectivity index (χ1n) is 7.88. The van der Waals surface area contributed by atoms with Crippen LogP contribution in [0.2, 0.25) is 5.02 Å². The van der Waals surface area contributed by atoms with Crippen molar-refractivity contribution in [2.24, 2.45) is 5.92 Å². The van der Waals surface area contributed by atoms with Gasteiger partial charge in [-0.3, -0.25) is 9.59 Å². The molecule has 23 heavy (non-hydrogen) atoms. The summed E-state index contributed by atoms with van der Waals surface area (Å²) >= 11 is 6.01. The highest BCUT2D eigenvalue weighted by Gasteiger charge is 2.35. The molecule has 0 heterocycles. The molecule has 2 rings (SSSR count). The molecule has 126 valence electrons. The van der Waals surface area contributed by atoms with Crippen LogP contribution in [0.15, 0.2) is 24.3 Å². The van der Waals surface area contributed by atoms with Gasteiger partial charge in [-0.1, -0.05) is 37.6 Å². The lowest BCUT2D eigenvalue weighted by Gasteiger charge is -2.37. The summed E-state index contributed by atoms with van der Waals surface area (Å²) in [6.07, 6.45) is 2.38. The Kier molecular flexibility index (Phi) is 5.65. The summed E-state index contributed by atoms with van der Waals surface area (Å²) < 4.78 is 0. The van der Waals surface area contributed by atoms with Gasteiger partial charge in [-0.05, 0) is 37.3 Å². The maximum Gasteiger partial charge on any atom is 0.253 e. The SMILES string of the molecule is CC(C)C(NC(=O)c1ccccc1Cl)C(=O)NCC1(O)CCC1. The van der Waals surface area contributed by atoms with Crippen molar-refractivity contribution in [1.29, 1.82) is 0 Å². The molecule has 1 saturated carbocycles. The molecule has 1 aliphatic carbocycles. The standard InChI is InChI=1S/C17H23ClN2O3/c1-11(2)14(16(22)19-10-17(23)8-5-9-17)20-15(21)12-6-3-4-7-13(12)18/h3-4,6-7,11,14,23H,5,8-10H2,1-2H3,(H,19,22)(H,20,21). The van der Waals surface area contributed by atoms with Crippen LogP contribution in [0.3, 0.4) is 0 Å². The molecule has 0 aromatic heterocycles. The lowest BCUT2D eigenvalue weighted by molar-refractivity contribution is -0.126. The van der Waals surface area contributed by atoms with Crippen molar-refractivity contribution in [3.63, 3.8) is 0 Å². The lowest BCUT2D eigenvalue weighted by atomic mass is 9.80. The first kappa shape index (κ1) is 17.8. The normalized spacial score (nSPS) is 17.3. The van der Waals surface area contributed by atoms with Gasteiger partial charge in [-0.25, -0.2) is 0 Å². The summed E-state index contributed by atoms with van der Waals surface area (Å²) in [5, 5.41) is 15.9. The summed E-state index contributed by atoms with van der Waals surface area (Å²) in [5.41, 5.74) is -0.450. The van der Waals surface area contributed by atoms with E-state index in [2.05, 4.69) is 10.6 Å². The van der Waals surface area contributed by atoms with E-state index in [4.69, 9.17) is 11.6 Å². The van der Waals surface area contributed by atoms with Gasteiger partial charge in [0.2, 0.25) is 5.91 Å². The fraction of sp³-hybridized carbons (Fsp3) is 0.529. The highest BCUT2D eigenvalue weighted by atomic mass is 35.5. The van der Waals surface area contributed by atoms with Crippen LogP contribution in [0.25, 0.3) is 0 Å². The second-order valence-corrected chi connectivity index (χ2v) is 6.88. The van der Waals surface area contributed by atoms with E-state index in [1.54, 1.807) is 24.3 Å². The molecular weight excluding hydrogens is 316 g/mol. The number of hydrogen-bond acceptors (Lipinski definition) is 3. The minimum atomic E-state index is -0.788. The number of carbonyl (C=O) groups excluding carboxylic acids is 2. The van der Waals surface area contributed by atoms with Crippen LogP contribution in [0.5, 0.6) is 0 Å². The highest BCUT2D eigenvalue weighted by molar-refractivity contribution is 6.33. The van der Waals surface area contributed by atoms with E-state index in [-0.39, 0.29) is 24.3 Å². The van der Waals surface area contributed by atoms with Gasteiger partial charge < -0.3 is 15.7 Å². The van der Waals surface area contributed by atoms with E-state index >= 15 is 0 Å². The van der Waals surface area contributed by atoms with Crippen molar-refractivity contribution >= 4 is 23.4 Å². The van der Waals surface area contributed by atoms with Crippen molar-refractivity contribution in [3.8, 4) is 0 Å². The Morgan fingerprint density at radius 1 is 1.30 bits per heavy atom. The number of hydrogen-bond donors (Lipinski definition) is 3. The Hall–Kier alpha value is -1.59. The molecule has 6 heteroatoms. The largest absolute Gasteiger partial charge is 0.388 e. The van der Waals surface area contributed by atoms with Crippen LogP contribution in [0.1, 0.15) is 43.5 Å². The average molecular weight is 339 g/mol. The summed E-state index contributed by atoms with van der Waals surface area (Å²) in [5.74, 6) is -0.759. The predicted molar refractivity (Wildman–Crippen MR) is 89.4 cm³/mol. The number of nitrogens with one attached hydrogen (secondary N) is 2. The zero-order valence-electron chi connectivity index (χ0n) is 13.4. The third kappa shape index (κ3) is 4.45. The van der Waals surface area contributed by atoms with E-state index < -0.39 is 11.6 Å². The quantitative estimate of drug-likeness (QED) is 0.743. The number of amides is 2. The number of aliphatic hydroxyl groups is 1. The molecule has 1 aromatic carbocycles. The maximum atomic E-state index is 12.4. The molecule has 0 saturated heterocycles. The zero-order chi connectivity index (χ0) is 17.0. The van der Waals surface area contributed by atoms with Gasteiger partial charge in [0.15, 0.2) is 0 Å². The van der Waals surface area contributed by atoms with Crippen LogP contribution in [-0.4, -0.2) is 35.1 Å². The molecule has 0 aliphatic heterocycles. The van der Waals surface area contributed by atoms with Crippen LogP contribution in [0.4, 0.5) is 0 Å². The molecule has 1 atom stereocenters. The minimum absolute atomic E-state index is 0.0857. The molecule has 1 unspecified atom stereocenters. The minimum Gasteiger partial charge on any atom is -0.388 e.